The minimum absolute atomic E-state index is 0.316. The van der Waals surface area contributed by atoms with Gasteiger partial charge in [-0.3, -0.25) is 0 Å². The van der Waals surface area contributed by atoms with Crippen LogP contribution >= 0.6 is 0 Å². The van der Waals surface area contributed by atoms with E-state index in [0.717, 1.165) is 24.7 Å². The van der Waals surface area contributed by atoms with Gasteiger partial charge in [-0.1, -0.05) is 58.1 Å². The van der Waals surface area contributed by atoms with Crippen molar-refractivity contribution in [2.45, 2.75) is 79.1 Å². The van der Waals surface area contributed by atoms with Gasteiger partial charge in [-0.15, -0.1) is 0 Å². The minimum atomic E-state index is 0.316. The van der Waals surface area contributed by atoms with Gasteiger partial charge < -0.3 is 5.11 Å². The van der Waals surface area contributed by atoms with Crippen molar-refractivity contribution >= 4 is 0 Å². The Labute approximate surface area is 115 Å². The van der Waals surface area contributed by atoms with E-state index in [4.69, 9.17) is 5.11 Å². The summed E-state index contributed by atoms with van der Waals surface area (Å²) in [4.78, 5) is 0. The Kier molecular flexibility index (Phi) is 11.6. The largest absolute Gasteiger partial charge is 0.396 e. The van der Waals surface area contributed by atoms with Crippen molar-refractivity contribution in [3.63, 3.8) is 0 Å². The van der Waals surface area contributed by atoms with Crippen molar-refractivity contribution in [3.8, 4) is 0 Å². The van der Waals surface area contributed by atoms with Crippen LogP contribution in [-0.2, 0) is 0 Å². The molecule has 0 rings (SSSR count). The second kappa shape index (κ2) is 11.8. The molecule has 0 heterocycles. The first-order valence-corrected chi connectivity index (χ1v) is 7.82. The molecule has 108 valence electrons. The predicted molar refractivity (Wildman–Crippen MR) is 81.8 cm³/mol. The Bertz CT molecular complexity index is 206. The maximum Gasteiger partial charge on any atom is 0.0433 e. The molecule has 0 aliphatic rings. The first kappa shape index (κ1) is 17.7. The lowest BCUT2D eigenvalue weighted by molar-refractivity contribution is 0.289. The van der Waals surface area contributed by atoms with Crippen LogP contribution in [0.4, 0.5) is 0 Å². The lowest BCUT2D eigenvalue weighted by atomic mass is 9.94. The van der Waals surface area contributed by atoms with Gasteiger partial charge in [0.25, 0.3) is 0 Å². The fraction of sp³-hybridized carbons (Fsp3) is 0.882. The van der Waals surface area contributed by atoms with E-state index in [1.807, 2.05) is 0 Å². The molecule has 1 N–H and O–H groups in total. The van der Waals surface area contributed by atoms with Crippen molar-refractivity contribution in [1.82, 2.24) is 0 Å². The molecule has 1 nitrogen and oxygen atoms in total. The average Bonchev–Trinajstić information content (AvgIpc) is 2.29. The first-order chi connectivity index (χ1) is 8.56. The van der Waals surface area contributed by atoms with E-state index in [-0.39, 0.29) is 0 Å². The third kappa shape index (κ3) is 12.2. The smallest absolute Gasteiger partial charge is 0.0433 e. The second-order valence-electron chi connectivity index (χ2n) is 6.24. The normalized spacial score (nSPS) is 14.2. The van der Waals surface area contributed by atoms with Crippen molar-refractivity contribution in [1.29, 1.82) is 0 Å². The van der Waals surface area contributed by atoms with Crippen LogP contribution in [0.2, 0.25) is 0 Å². The van der Waals surface area contributed by atoms with Crippen molar-refractivity contribution in [2.24, 2.45) is 11.8 Å². The fourth-order valence-electron chi connectivity index (χ4n) is 2.29. The third-order valence-corrected chi connectivity index (χ3v) is 3.60. The van der Waals surface area contributed by atoms with Gasteiger partial charge in [-0.25, -0.2) is 0 Å². The van der Waals surface area contributed by atoms with Crippen LogP contribution < -0.4 is 0 Å². The van der Waals surface area contributed by atoms with Crippen molar-refractivity contribution in [3.05, 3.63) is 11.6 Å². The van der Waals surface area contributed by atoms with E-state index in [1.54, 1.807) is 0 Å². The van der Waals surface area contributed by atoms with Crippen LogP contribution in [-0.4, -0.2) is 11.7 Å². The molecule has 1 heteroatoms. The second-order valence-corrected chi connectivity index (χ2v) is 6.24. The van der Waals surface area contributed by atoms with Gasteiger partial charge in [0.1, 0.15) is 0 Å². The molecule has 0 aromatic rings. The van der Waals surface area contributed by atoms with Gasteiger partial charge in [-0.05, 0) is 44.4 Å². The summed E-state index contributed by atoms with van der Waals surface area (Å²) in [5, 5.41) is 8.72. The van der Waals surface area contributed by atoms with Gasteiger partial charge in [-0.2, -0.15) is 0 Å². The Hall–Kier alpha value is -0.300. The van der Waals surface area contributed by atoms with E-state index in [2.05, 4.69) is 33.8 Å². The maximum absolute atomic E-state index is 8.72. The summed E-state index contributed by atoms with van der Waals surface area (Å²) >= 11 is 0. The molecule has 18 heavy (non-hydrogen) atoms. The monoisotopic (exact) mass is 254 g/mol. The molecule has 0 aromatic carbocycles. The Morgan fingerprint density at radius 3 is 2.28 bits per heavy atom. The molecule has 0 saturated carbocycles. The molecule has 0 saturated heterocycles. The van der Waals surface area contributed by atoms with Crippen LogP contribution in [0.25, 0.3) is 0 Å². The highest BCUT2D eigenvalue weighted by atomic mass is 16.2. The summed E-state index contributed by atoms with van der Waals surface area (Å²) in [5.74, 6) is 1.74. The lowest BCUT2D eigenvalue weighted by Gasteiger charge is -2.12. The van der Waals surface area contributed by atoms with Crippen LogP contribution in [0.5, 0.6) is 0 Å². The van der Waals surface area contributed by atoms with E-state index in [9.17, 15) is 0 Å². The summed E-state index contributed by atoms with van der Waals surface area (Å²) in [6, 6.07) is 0. The number of unbranched alkanes of at least 4 members (excludes halogenated alkanes) is 1. The quantitative estimate of drug-likeness (QED) is 0.390. The fourth-order valence-corrected chi connectivity index (χ4v) is 2.29. The SMILES string of the molecule is C/C(=C\CCCO)CCCC(C)CCCC(C)C. The van der Waals surface area contributed by atoms with Crippen LogP contribution in [0.15, 0.2) is 11.6 Å². The van der Waals surface area contributed by atoms with E-state index in [0.29, 0.717) is 6.61 Å². The molecule has 0 amide bonds. The summed E-state index contributed by atoms with van der Waals surface area (Å²) < 4.78 is 0. The topological polar surface area (TPSA) is 20.2 Å². The molecule has 0 aromatic heterocycles. The number of allylic oxidation sites excluding steroid dienone is 2. The van der Waals surface area contributed by atoms with Gasteiger partial charge >= 0.3 is 0 Å². The standard InChI is InChI=1S/C17H34O/c1-15(2)9-7-11-17(4)13-8-12-16(3)10-5-6-14-18/h10,15,17-18H,5-9,11-14H2,1-4H3/b16-10+. The highest BCUT2D eigenvalue weighted by Crippen LogP contribution is 2.19. The number of rotatable bonds is 11. The molecule has 1 unspecified atom stereocenters. The highest BCUT2D eigenvalue weighted by molar-refractivity contribution is 4.97. The van der Waals surface area contributed by atoms with E-state index < -0.39 is 0 Å². The Morgan fingerprint density at radius 2 is 1.67 bits per heavy atom. The zero-order valence-corrected chi connectivity index (χ0v) is 13.0. The van der Waals surface area contributed by atoms with Gasteiger partial charge in [0.05, 0.1) is 0 Å². The number of hydrogen-bond donors (Lipinski definition) is 1. The zero-order valence-electron chi connectivity index (χ0n) is 13.0. The summed E-state index contributed by atoms with van der Waals surface area (Å²) in [5.41, 5.74) is 1.50. The molecule has 0 fully saturated rings. The van der Waals surface area contributed by atoms with Crippen LogP contribution in [0.3, 0.4) is 0 Å². The molecule has 1 atom stereocenters. The number of aliphatic hydroxyl groups is 1. The molecule has 0 spiro atoms. The summed E-state index contributed by atoms with van der Waals surface area (Å²) in [6.45, 7) is 9.55. The zero-order chi connectivity index (χ0) is 13.8. The molecule has 0 aliphatic carbocycles. The highest BCUT2D eigenvalue weighted by Gasteiger charge is 2.03. The molecule has 0 aliphatic heterocycles. The Morgan fingerprint density at radius 1 is 1.00 bits per heavy atom. The predicted octanol–water partition coefficient (Wildman–Crippen LogP) is 5.34. The van der Waals surface area contributed by atoms with Crippen LogP contribution in [0, 0.1) is 11.8 Å². The van der Waals surface area contributed by atoms with Crippen molar-refractivity contribution < 1.29 is 5.11 Å². The maximum atomic E-state index is 8.72. The first-order valence-electron chi connectivity index (χ1n) is 7.82. The number of aliphatic hydroxyl groups excluding tert-OH is 1. The average molecular weight is 254 g/mol. The lowest BCUT2D eigenvalue weighted by Crippen LogP contribution is -1.97. The van der Waals surface area contributed by atoms with E-state index in [1.165, 1.54) is 44.1 Å². The minimum Gasteiger partial charge on any atom is -0.396 e. The molecule has 0 radical (unpaired) electrons. The van der Waals surface area contributed by atoms with Gasteiger partial charge in [0, 0.05) is 6.61 Å². The van der Waals surface area contributed by atoms with Gasteiger partial charge in [0.15, 0.2) is 0 Å². The number of hydrogen-bond acceptors (Lipinski definition) is 1. The molecular formula is C17H34O. The van der Waals surface area contributed by atoms with Gasteiger partial charge in [0.2, 0.25) is 0 Å². The van der Waals surface area contributed by atoms with Crippen LogP contribution in [0.1, 0.15) is 79.1 Å². The third-order valence-electron chi connectivity index (χ3n) is 3.60. The summed E-state index contributed by atoms with van der Waals surface area (Å²) in [6.07, 6.45) is 12.3. The van der Waals surface area contributed by atoms with E-state index >= 15 is 0 Å². The summed E-state index contributed by atoms with van der Waals surface area (Å²) in [7, 11) is 0. The Balaban J connectivity index is 3.49. The molecular weight excluding hydrogens is 220 g/mol. The van der Waals surface area contributed by atoms with Crippen molar-refractivity contribution in [2.75, 3.05) is 6.61 Å². The molecule has 0 bridgehead atoms.